The number of carboxylic acids is 1. The molecule has 0 fully saturated rings. The van der Waals surface area contributed by atoms with Crippen molar-refractivity contribution >= 4 is 23.4 Å². The van der Waals surface area contributed by atoms with Crippen LogP contribution in [0.15, 0.2) is 24.3 Å². The summed E-state index contributed by atoms with van der Waals surface area (Å²) >= 11 is 1.02. The number of aromatic nitrogens is 2. The molecule has 0 saturated carbocycles. The van der Waals surface area contributed by atoms with Gasteiger partial charge >= 0.3 is 5.97 Å². The molecule has 0 aliphatic rings. The van der Waals surface area contributed by atoms with E-state index in [-0.39, 0.29) is 17.7 Å². The molecule has 0 spiro atoms. The molecule has 2 N–H and O–H groups in total. The maximum atomic E-state index is 12.5. The Balaban J connectivity index is 2.24. The minimum Gasteiger partial charge on any atom is -0.481 e. The van der Waals surface area contributed by atoms with Crippen molar-refractivity contribution in [2.24, 2.45) is 0 Å². The zero-order valence-electron chi connectivity index (χ0n) is 14.9. The van der Waals surface area contributed by atoms with E-state index >= 15 is 0 Å². The summed E-state index contributed by atoms with van der Waals surface area (Å²) in [7, 11) is 0. The predicted molar refractivity (Wildman–Crippen MR) is 96.9 cm³/mol. The summed E-state index contributed by atoms with van der Waals surface area (Å²) in [5, 5.41) is 15.9. The maximum absolute atomic E-state index is 12.5. The Bertz CT molecular complexity index is 748. The molecule has 134 valence electrons. The van der Waals surface area contributed by atoms with E-state index < -0.39 is 12.0 Å². The lowest BCUT2D eigenvalue weighted by Crippen LogP contribution is -2.30. The molecule has 2 aromatic rings. The van der Waals surface area contributed by atoms with Gasteiger partial charge in [-0.05, 0) is 34.5 Å². The van der Waals surface area contributed by atoms with Crippen LogP contribution in [-0.2, 0) is 16.6 Å². The minimum atomic E-state index is -0.969. The zero-order valence-corrected chi connectivity index (χ0v) is 15.7. The first kappa shape index (κ1) is 19.1. The van der Waals surface area contributed by atoms with E-state index in [1.807, 2.05) is 31.2 Å². The molecule has 1 amide bonds. The Labute approximate surface area is 151 Å². The third kappa shape index (κ3) is 4.85. The first-order chi connectivity index (χ1) is 11.7. The summed E-state index contributed by atoms with van der Waals surface area (Å²) in [6.45, 7) is 8.23. The van der Waals surface area contributed by atoms with Crippen molar-refractivity contribution in [3.63, 3.8) is 0 Å². The van der Waals surface area contributed by atoms with Crippen molar-refractivity contribution in [1.29, 1.82) is 0 Å². The van der Waals surface area contributed by atoms with Gasteiger partial charge in [-0.1, -0.05) is 56.4 Å². The summed E-state index contributed by atoms with van der Waals surface area (Å²) in [6, 6.07) is 7.09. The smallest absolute Gasteiger partial charge is 0.305 e. The van der Waals surface area contributed by atoms with Gasteiger partial charge in [-0.25, -0.2) is 0 Å². The molecule has 1 aromatic carbocycles. The zero-order chi connectivity index (χ0) is 18.6. The SMILES string of the molecule is CCc1nnsc1C(=O)NC(CC(=O)O)c1ccc(C(C)(C)C)cc1. The highest BCUT2D eigenvalue weighted by Gasteiger charge is 2.23. The third-order valence-corrected chi connectivity index (χ3v) is 4.73. The van der Waals surface area contributed by atoms with Crippen LogP contribution in [0.4, 0.5) is 0 Å². The lowest BCUT2D eigenvalue weighted by Gasteiger charge is -2.21. The number of hydrogen-bond donors (Lipinski definition) is 2. The molecule has 0 bridgehead atoms. The van der Waals surface area contributed by atoms with E-state index in [4.69, 9.17) is 0 Å². The number of carbonyl (C=O) groups excluding carboxylic acids is 1. The number of amides is 1. The van der Waals surface area contributed by atoms with Crippen LogP contribution in [0.3, 0.4) is 0 Å². The molecule has 2 rings (SSSR count). The summed E-state index contributed by atoms with van der Waals surface area (Å²) < 4.78 is 3.81. The van der Waals surface area contributed by atoms with Gasteiger partial charge in [-0.2, -0.15) is 0 Å². The highest BCUT2D eigenvalue weighted by Crippen LogP contribution is 2.25. The molecule has 6 nitrogen and oxygen atoms in total. The topological polar surface area (TPSA) is 92.2 Å². The van der Waals surface area contributed by atoms with E-state index in [2.05, 4.69) is 35.7 Å². The van der Waals surface area contributed by atoms with E-state index in [0.29, 0.717) is 17.0 Å². The standard InChI is InChI=1S/C18H23N3O3S/c1-5-13-16(25-21-20-13)17(24)19-14(10-15(22)23)11-6-8-12(9-7-11)18(2,3)4/h6-9,14H,5,10H2,1-4H3,(H,19,24)(H,22,23). The van der Waals surface area contributed by atoms with Gasteiger partial charge in [0.05, 0.1) is 18.2 Å². The molecule has 0 saturated heterocycles. The number of nitrogens with one attached hydrogen (secondary N) is 1. The number of carboxylic acid groups (broad SMARTS) is 1. The van der Waals surface area contributed by atoms with Gasteiger partial charge in [-0.15, -0.1) is 5.10 Å². The van der Waals surface area contributed by atoms with E-state index in [9.17, 15) is 14.7 Å². The van der Waals surface area contributed by atoms with Gasteiger partial charge in [0.25, 0.3) is 5.91 Å². The summed E-state index contributed by atoms with van der Waals surface area (Å²) in [5.41, 5.74) is 2.55. The Morgan fingerprint density at radius 3 is 2.40 bits per heavy atom. The van der Waals surface area contributed by atoms with Crippen molar-refractivity contribution in [3.05, 3.63) is 46.0 Å². The van der Waals surface area contributed by atoms with Gasteiger partial charge in [0.2, 0.25) is 0 Å². The van der Waals surface area contributed by atoms with Crippen molar-refractivity contribution in [2.75, 3.05) is 0 Å². The van der Waals surface area contributed by atoms with Gasteiger partial charge in [-0.3, -0.25) is 9.59 Å². The van der Waals surface area contributed by atoms with Crippen molar-refractivity contribution in [1.82, 2.24) is 14.9 Å². The number of rotatable bonds is 6. The largest absolute Gasteiger partial charge is 0.481 e. The maximum Gasteiger partial charge on any atom is 0.305 e. The first-order valence-electron chi connectivity index (χ1n) is 8.16. The average Bonchev–Trinajstić information content (AvgIpc) is 3.02. The van der Waals surface area contributed by atoms with Crippen LogP contribution in [-0.4, -0.2) is 26.6 Å². The van der Waals surface area contributed by atoms with Gasteiger partial charge in [0.15, 0.2) is 0 Å². The second kappa shape index (κ2) is 7.74. The van der Waals surface area contributed by atoms with Crippen LogP contribution < -0.4 is 5.32 Å². The lowest BCUT2D eigenvalue weighted by atomic mass is 9.86. The normalized spacial score (nSPS) is 12.6. The first-order valence-corrected chi connectivity index (χ1v) is 8.94. The highest BCUT2D eigenvalue weighted by atomic mass is 32.1. The number of aliphatic carboxylic acids is 1. The molecule has 0 aliphatic carbocycles. The second-order valence-corrected chi connectivity index (χ2v) is 7.65. The number of benzene rings is 1. The number of hydrogen-bond acceptors (Lipinski definition) is 5. The summed E-state index contributed by atoms with van der Waals surface area (Å²) in [4.78, 5) is 24.2. The molecular weight excluding hydrogens is 338 g/mol. The van der Waals surface area contributed by atoms with Crippen LogP contribution in [0.2, 0.25) is 0 Å². The van der Waals surface area contributed by atoms with Crippen LogP contribution in [0.25, 0.3) is 0 Å². The third-order valence-electron chi connectivity index (χ3n) is 3.96. The molecule has 1 unspecified atom stereocenters. The molecule has 1 heterocycles. The van der Waals surface area contributed by atoms with Crippen LogP contribution in [0.1, 0.15) is 66.7 Å². The van der Waals surface area contributed by atoms with Crippen LogP contribution in [0, 0.1) is 0 Å². The summed E-state index contributed by atoms with van der Waals surface area (Å²) in [6.07, 6.45) is 0.414. The Hall–Kier alpha value is -2.28. The fraction of sp³-hybridized carbons (Fsp3) is 0.444. The van der Waals surface area contributed by atoms with E-state index in [1.165, 1.54) is 0 Å². The van der Waals surface area contributed by atoms with Gasteiger partial charge < -0.3 is 10.4 Å². The van der Waals surface area contributed by atoms with Crippen LogP contribution in [0.5, 0.6) is 0 Å². The lowest BCUT2D eigenvalue weighted by molar-refractivity contribution is -0.137. The fourth-order valence-electron chi connectivity index (χ4n) is 2.48. The Morgan fingerprint density at radius 2 is 1.88 bits per heavy atom. The number of aryl methyl sites for hydroxylation is 1. The van der Waals surface area contributed by atoms with Crippen molar-refractivity contribution in [3.8, 4) is 0 Å². The number of carbonyl (C=O) groups is 2. The Morgan fingerprint density at radius 1 is 1.24 bits per heavy atom. The predicted octanol–water partition coefficient (Wildman–Crippen LogP) is 3.34. The molecule has 1 atom stereocenters. The van der Waals surface area contributed by atoms with Gasteiger partial charge in [0, 0.05) is 0 Å². The molecule has 0 radical (unpaired) electrons. The molecule has 25 heavy (non-hydrogen) atoms. The Kier molecular flexibility index (Phi) is 5.89. The van der Waals surface area contributed by atoms with E-state index in [0.717, 1.165) is 22.7 Å². The summed E-state index contributed by atoms with van der Waals surface area (Å²) in [5.74, 6) is -1.30. The monoisotopic (exact) mass is 361 g/mol. The second-order valence-electron chi connectivity index (χ2n) is 6.90. The van der Waals surface area contributed by atoms with Crippen molar-refractivity contribution in [2.45, 2.75) is 52.0 Å². The van der Waals surface area contributed by atoms with Crippen LogP contribution >= 0.6 is 11.5 Å². The minimum absolute atomic E-state index is 0.00834. The highest BCUT2D eigenvalue weighted by molar-refractivity contribution is 7.08. The molecule has 1 aromatic heterocycles. The van der Waals surface area contributed by atoms with Crippen molar-refractivity contribution < 1.29 is 14.7 Å². The molecular formula is C18H23N3O3S. The number of nitrogens with zero attached hydrogens (tertiary/aromatic N) is 2. The van der Waals surface area contributed by atoms with E-state index in [1.54, 1.807) is 0 Å². The fourth-order valence-corrected chi connectivity index (χ4v) is 3.13. The quantitative estimate of drug-likeness (QED) is 0.823. The average molecular weight is 361 g/mol. The van der Waals surface area contributed by atoms with Gasteiger partial charge in [0.1, 0.15) is 4.88 Å². The molecule has 7 heteroatoms. The molecule has 0 aliphatic heterocycles.